The summed E-state index contributed by atoms with van der Waals surface area (Å²) in [6.45, 7) is 4.28. The molecule has 6 nitrogen and oxygen atoms in total. The molecule has 136 valence electrons. The summed E-state index contributed by atoms with van der Waals surface area (Å²) in [6, 6.07) is 4.73. The highest BCUT2D eigenvalue weighted by atomic mass is 19.4. The Labute approximate surface area is 142 Å². The topological polar surface area (TPSA) is 65.4 Å². The number of hydrogen-bond acceptors (Lipinski definition) is 4. The van der Waals surface area contributed by atoms with Crippen molar-refractivity contribution in [3.8, 4) is 11.5 Å². The van der Waals surface area contributed by atoms with Gasteiger partial charge in [-0.1, -0.05) is 0 Å². The lowest BCUT2D eigenvalue weighted by atomic mass is 10.2. The van der Waals surface area contributed by atoms with Crippen LogP contribution in [-0.4, -0.2) is 28.9 Å². The van der Waals surface area contributed by atoms with Gasteiger partial charge < -0.3 is 14.8 Å². The Morgan fingerprint density at radius 3 is 2.52 bits per heavy atom. The summed E-state index contributed by atoms with van der Waals surface area (Å²) in [5.74, 6) is -0.143. The van der Waals surface area contributed by atoms with Crippen LogP contribution in [0.3, 0.4) is 0 Å². The highest BCUT2D eigenvalue weighted by Gasteiger charge is 2.39. The van der Waals surface area contributed by atoms with Gasteiger partial charge in [0.15, 0.2) is 5.69 Å². The number of halogens is 3. The summed E-state index contributed by atoms with van der Waals surface area (Å²) in [5.41, 5.74) is -1.60. The van der Waals surface area contributed by atoms with E-state index in [1.807, 2.05) is 0 Å². The maximum atomic E-state index is 13.0. The minimum absolute atomic E-state index is 0.217. The van der Waals surface area contributed by atoms with Gasteiger partial charge in [-0.25, -0.2) is 0 Å². The van der Waals surface area contributed by atoms with Crippen LogP contribution in [0, 0.1) is 0 Å². The number of hydrogen-bond donors (Lipinski definition) is 1. The number of aryl methyl sites for hydroxylation is 1. The van der Waals surface area contributed by atoms with Crippen molar-refractivity contribution in [2.75, 3.05) is 18.5 Å². The van der Waals surface area contributed by atoms with Crippen molar-refractivity contribution in [3.63, 3.8) is 0 Å². The molecule has 2 aromatic rings. The zero-order chi connectivity index (χ0) is 18.6. The Kier molecular flexibility index (Phi) is 5.55. The molecule has 25 heavy (non-hydrogen) atoms. The molecule has 0 aliphatic carbocycles. The van der Waals surface area contributed by atoms with Crippen LogP contribution in [0.15, 0.2) is 24.4 Å². The lowest BCUT2D eigenvalue weighted by Crippen LogP contribution is -2.18. The maximum Gasteiger partial charge on any atom is 0.435 e. The molecule has 0 saturated heterocycles. The highest BCUT2D eigenvalue weighted by molar-refractivity contribution is 6.05. The van der Waals surface area contributed by atoms with E-state index in [2.05, 4.69) is 10.4 Å². The summed E-state index contributed by atoms with van der Waals surface area (Å²) in [4.78, 5) is 12.4. The van der Waals surface area contributed by atoms with Crippen molar-refractivity contribution in [1.29, 1.82) is 0 Å². The minimum Gasteiger partial charge on any atom is -0.494 e. The largest absolute Gasteiger partial charge is 0.494 e. The van der Waals surface area contributed by atoms with E-state index in [0.717, 1.165) is 10.9 Å². The second-order valence-corrected chi connectivity index (χ2v) is 5.04. The van der Waals surface area contributed by atoms with E-state index < -0.39 is 23.3 Å². The van der Waals surface area contributed by atoms with Crippen LogP contribution >= 0.6 is 0 Å². The van der Waals surface area contributed by atoms with Crippen molar-refractivity contribution < 1.29 is 27.4 Å². The first kappa shape index (κ1) is 18.6. The Balaban J connectivity index is 2.35. The molecule has 1 aromatic carbocycles. The molecule has 1 heterocycles. The molecule has 0 saturated carbocycles. The number of rotatable bonds is 6. The average molecular weight is 357 g/mol. The van der Waals surface area contributed by atoms with E-state index >= 15 is 0 Å². The number of benzene rings is 1. The fourth-order valence-electron chi connectivity index (χ4n) is 2.20. The van der Waals surface area contributed by atoms with Crippen LogP contribution in [-0.2, 0) is 13.2 Å². The normalized spacial score (nSPS) is 11.3. The van der Waals surface area contributed by atoms with Gasteiger partial charge in [0.1, 0.15) is 11.5 Å². The number of ether oxygens (including phenoxy) is 2. The molecule has 1 N–H and O–H groups in total. The summed E-state index contributed by atoms with van der Waals surface area (Å²) in [5, 5.41) is 5.76. The molecular weight excluding hydrogens is 339 g/mol. The second kappa shape index (κ2) is 7.45. The standard InChI is InChI=1S/C16H18F3N3O3/c1-4-24-10-6-7-13(25-5-2)12(8-10)20-15(23)11-9-22(3)21-14(11)16(17,18)19/h6-9H,4-5H2,1-3H3,(H,20,23). The number of nitrogens with zero attached hydrogens (tertiary/aromatic N) is 2. The van der Waals surface area contributed by atoms with E-state index in [4.69, 9.17) is 9.47 Å². The van der Waals surface area contributed by atoms with Gasteiger partial charge in [-0.05, 0) is 26.0 Å². The van der Waals surface area contributed by atoms with Crippen molar-refractivity contribution in [3.05, 3.63) is 35.7 Å². The van der Waals surface area contributed by atoms with Crippen LogP contribution in [0.4, 0.5) is 18.9 Å². The first-order chi connectivity index (χ1) is 11.8. The molecule has 0 unspecified atom stereocenters. The molecular formula is C16H18F3N3O3. The van der Waals surface area contributed by atoms with Crippen LogP contribution < -0.4 is 14.8 Å². The van der Waals surface area contributed by atoms with Crippen molar-refractivity contribution in [2.24, 2.45) is 7.05 Å². The van der Waals surface area contributed by atoms with Gasteiger partial charge >= 0.3 is 6.18 Å². The molecule has 0 radical (unpaired) electrons. The van der Waals surface area contributed by atoms with Crippen LogP contribution in [0.2, 0.25) is 0 Å². The molecule has 0 atom stereocenters. The fraction of sp³-hybridized carbons (Fsp3) is 0.375. The van der Waals surface area contributed by atoms with Crippen LogP contribution in [0.1, 0.15) is 29.9 Å². The summed E-state index contributed by atoms with van der Waals surface area (Å²) in [7, 11) is 1.31. The number of alkyl halides is 3. The number of anilines is 1. The van der Waals surface area contributed by atoms with Gasteiger partial charge in [0, 0.05) is 19.3 Å². The number of nitrogens with one attached hydrogen (secondary N) is 1. The summed E-state index contributed by atoms with van der Waals surface area (Å²) >= 11 is 0. The third-order valence-corrected chi connectivity index (χ3v) is 3.15. The number of carbonyl (C=O) groups is 1. The zero-order valence-corrected chi connectivity index (χ0v) is 14.0. The van der Waals surface area contributed by atoms with E-state index in [-0.39, 0.29) is 5.69 Å². The van der Waals surface area contributed by atoms with Gasteiger partial charge in [-0.2, -0.15) is 18.3 Å². The van der Waals surface area contributed by atoms with E-state index in [1.165, 1.54) is 13.1 Å². The molecule has 0 fully saturated rings. The lowest BCUT2D eigenvalue weighted by Gasteiger charge is -2.14. The Bertz CT molecular complexity index is 757. The Morgan fingerprint density at radius 1 is 1.24 bits per heavy atom. The van der Waals surface area contributed by atoms with Crippen molar-refractivity contribution >= 4 is 11.6 Å². The van der Waals surface area contributed by atoms with Crippen molar-refractivity contribution in [1.82, 2.24) is 9.78 Å². The summed E-state index contributed by atoms with van der Waals surface area (Å²) in [6.07, 6.45) is -3.71. The third-order valence-electron chi connectivity index (χ3n) is 3.15. The SMILES string of the molecule is CCOc1ccc(OCC)c(NC(=O)c2cn(C)nc2C(F)(F)F)c1. The fourth-order valence-corrected chi connectivity index (χ4v) is 2.20. The molecule has 9 heteroatoms. The van der Waals surface area contributed by atoms with Gasteiger partial charge in [-0.3, -0.25) is 9.48 Å². The predicted octanol–water partition coefficient (Wildman–Crippen LogP) is 3.49. The average Bonchev–Trinajstić information content (AvgIpc) is 2.93. The van der Waals surface area contributed by atoms with Gasteiger partial charge in [0.25, 0.3) is 5.91 Å². The van der Waals surface area contributed by atoms with Crippen LogP contribution in [0.5, 0.6) is 11.5 Å². The first-order valence-electron chi connectivity index (χ1n) is 7.58. The third kappa shape index (κ3) is 4.43. The van der Waals surface area contributed by atoms with E-state index in [0.29, 0.717) is 24.7 Å². The Morgan fingerprint density at radius 2 is 1.92 bits per heavy atom. The zero-order valence-electron chi connectivity index (χ0n) is 14.0. The predicted molar refractivity (Wildman–Crippen MR) is 84.9 cm³/mol. The van der Waals surface area contributed by atoms with Crippen molar-refractivity contribution in [2.45, 2.75) is 20.0 Å². The second-order valence-electron chi connectivity index (χ2n) is 5.04. The minimum atomic E-state index is -4.73. The summed E-state index contributed by atoms with van der Waals surface area (Å²) < 4.78 is 50.8. The van der Waals surface area contributed by atoms with E-state index in [1.54, 1.807) is 26.0 Å². The van der Waals surface area contributed by atoms with Gasteiger partial charge in [-0.15, -0.1) is 0 Å². The number of amides is 1. The monoisotopic (exact) mass is 357 g/mol. The first-order valence-corrected chi connectivity index (χ1v) is 7.58. The van der Waals surface area contributed by atoms with Gasteiger partial charge in [0.05, 0.1) is 24.5 Å². The van der Waals surface area contributed by atoms with E-state index in [9.17, 15) is 18.0 Å². The molecule has 0 spiro atoms. The number of aromatic nitrogens is 2. The molecule has 2 rings (SSSR count). The Hall–Kier alpha value is -2.71. The molecule has 1 amide bonds. The smallest absolute Gasteiger partial charge is 0.435 e. The molecule has 0 aliphatic rings. The number of carbonyl (C=O) groups excluding carboxylic acids is 1. The lowest BCUT2D eigenvalue weighted by molar-refractivity contribution is -0.141. The van der Waals surface area contributed by atoms with Gasteiger partial charge in [0.2, 0.25) is 0 Å². The molecule has 0 aliphatic heterocycles. The molecule has 0 bridgehead atoms. The quantitative estimate of drug-likeness (QED) is 0.860. The van der Waals surface area contributed by atoms with Crippen LogP contribution in [0.25, 0.3) is 0 Å². The molecule has 1 aromatic heterocycles. The maximum absolute atomic E-state index is 13.0. The highest BCUT2D eigenvalue weighted by Crippen LogP contribution is 2.33.